The van der Waals surface area contributed by atoms with E-state index in [9.17, 15) is 9.18 Å². The van der Waals surface area contributed by atoms with Gasteiger partial charge in [-0.2, -0.15) is 5.10 Å². The minimum absolute atomic E-state index is 0. The molecule has 0 unspecified atom stereocenters. The minimum atomic E-state index is -0.313. The monoisotopic (exact) mass is 399 g/mol. The third kappa shape index (κ3) is 4.20. The predicted octanol–water partition coefficient (Wildman–Crippen LogP) is 3.69. The van der Waals surface area contributed by atoms with Crippen molar-refractivity contribution in [3.63, 3.8) is 0 Å². The van der Waals surface area contributed by atoms with E-state index in [1.807, 2.05) is 24.4 Å². The van der Waals surface area contributed by atoms with Crippen LogP contribution in [0.25, 0.3) is 16.8 Å². The number of aromatic amines is 1. The summed E-state index contributed by atoms with van der Waals surface area (Å²) in [6.45, 7) is 0.721. The normalized spacial score (nSPS) is 10.6. The number of H-pyrrole nitrogens is 1. The van der Waals surface area contributed by atoms with Gasteiger partial charge in [0, 0.05) is 30.7 Å². The molecular weight excluding hydrogens is 381 g/mol. The van der Waals surface area contributed by atoms with Crippen LogP contribution in [0.5, 0.6) is 0 Å². The van der Waals surface area contributed by atoms with Gasteiger partial charge in [-0.05, 0) is 48.2 Å². The molecule has 0 saturated heterocycles. The van der Waals surface area contributed by atoms with Crippen molar-refractivity contribution in [1.29, 1.82) is 0 Å². The van der Waals surface area contributed by atoms with E-state index in [2.05, 4.69) is 20.5 Å². The van der Waals surface area contributed by atoms with Crippen LogP contribution in [0, 0.1) is 5.82 Å². The zero-order valence-electron chi connectivity index (χ0n) is 14.9. The molecule has 8 heteroatoms. The SMILES string of the molecule is Cl.O=c1[nH]nc2c(NCCCc3cccnc3)cc(-c3ccc(F)cc3)cn12. The standard InChI is InChI=1S/C20H18FN5O.ClH/c21-17-7-5-15(6-8-17)16-11-18(19-24-25-20(27)26(19)13-16)23-10-2-4-14-3-1-9-22-12-14;/h1,3,5-9,11-13,23H,2,4,10H2,(H,25,27);1H. The molecule has 3 aromatic heterocycles. The molecule has 0 amide bonds. The third-order valence-electron chi connectivity index (χ3n) is 4.37. The Morgan fingerprint density at radius 1 is 1.14 bits per heavy atom. The number of halogens is 2. The van der Waals surface area contributed by atoms with Gasteiger partial charge in [-0.15, -0.1) is 12.4 Å². The van der Waals surface area contributed by atoms with E-state index in [1.54, 1.807) is 24.5 Å². The first kappa shape index (κ1) is 19.6. The fourth-order valence-corrected chi connectivity index (χ4v) is 3.00. The molecule has 0 saturated carbocycles. The summed E-state index contributed by atoms with van der Waals surface area (Å²) < 4.78 is 14.7. The molecule has 28 heavy (non-hydrogen) atoms. The maximum Gasteiger partial charge on any atom is 0.347 e. The molecule has 0 radical (unpaired) electrons. The Labute approximate surface area is 166 Å². The van der Waals surface area contributed by atoms with E-state index in [1.165, 1.54) is 22.1 Å². The third-order valence-corrected chi connectivity index (χ3v) is 4.37. The Balaban J connectivity index is 0.00000225. The van der Waals surface area contributed by atoms with Gasteiger partial charge < -0.3 is 5.32 Å². The number of aromatic nitrogens is 4. The van der Waals surface area contributed by atoms with Crippen molar-refractivity contribution in [3.05, 3.63) is 82.9 Å². The quantitative estimate of drug-likeness (QED) is 0.485. The number of anilines is 1. The van der Waals surface area contributed by atoms with E-state index in [-0.39, 0.29) is 23.9 Å². The van der Waals surface area contributed by atoms with Crippen molar-refractivity contribution in [2.45, 2.75) is 12.8 Å². The highest BCUT2D eigenvalue weighted by molar-refractivity contribution is 5.85. The van der Waals surface area contributed by atoms with Crippen molar-refractivity contribution in [3.8, 4) is 11.1 Å². The molecule has 4 rings (SSSR count). The highest BCUT2D eigenvalue weighted by atomic mass is 35.5. The van der Waals surface area contributed by atoms with Crippen molar-refractivity contribution >= 4 is 23.7 Å². The molecule has 0 atom stereocenters. The van der Waals surface area contributed by atoms with Crippen molar-refractivity contribution in [1.82, 2.24) is 19.6 Å². The molecule has 6 nitrogen and oxygen atoms in total. The largest absolute Gasteiger partial charge is 0.382 e. The molecule has 0 aliphatic rings. The molecule has 2 N–H and O–H groups in total. The number of fused-ring (bicyclic) bond motifs is 1. The second-order valence-corrected chi connectivity index (χ2v) is 6.26. The first-order chi connectivity index (χ1) is 13.2. The Bertz CT molecular complexity index is 1110. The Morgan fingerprint density at radius 2 is 1.96 bits per heavy atom. The van der Waals surface area contributed by atoms with Gasteiger partial charge >= 0.3 is 5.69 Å². The molecule has 144 valence electrons. The number of nitrogens with one attached hydrogen (secondary N) is 2. The number of rotatable bonds is 6. The van der Waals surface area contributed by atoms with Crippen molar-refractivity contribution in [2.24, 2.45) is 0 Å². The lowest BCUT2D eigenvalue weighted by atomic mass is 10.1. The van der Waals surface area contributed by atoms with E-state index < -0.39 is 0 Å². The molecule has 0 spiro atoms. The molecule has 3 heterocycles. The number of aryl methyl sites for hydroxylation is 1. The average Bonchev–Trinajstić information content (AvgIpc) is 3.08. The summed E-state index contributed by atoms with van der Waals surface area (Å²) in [6, 6.07) is 12.1. The number of hydrogen-bond acceptors (Lipinski definition) is 4. The summed E-state index contributed by atoms with van der Waals surface area (Å²) in [6.07, 6.45) is 7.14. The summed E-state index contributed by atoms with van der Waals surface area (Å²) in [5.74, 6) is -0.297. The van der Waals surface area contributed by atoms with Gasteiger partial charge in [0.25, 0.3) is 0 Å². The molecule has 0 fully saturated rings. The van der Waals surface area contributed by atoms with Crippen LogP contribution < -0.4 is 11.0 Å². The van der Waals surface area contributed by atoms with Crippen LogP contribution in [0.2, 0.25) is 0 Å². The number of benzene rings is 1. The molecule has 4 aromatic rings. The smallest absolute Gasteiger partial charge is 0.347 e. The Kier molecular flexibility index (Phi) is 6.06. The fourth-order valence-electron chi connectivity index (χ4n) is 3.00. The first-order valence-corrected chi connectivity index (χ1v) is 8.70. The van der Waals surface area contributed by atoms with Gasteiger partial charge in [0.2, 0.25) is 0 Å². The van der Waals surface area contributed by atoms with E-state index >= 15 is 0 Å². The zero-order valence-corrected chi connectivity index (χ0v) is 15.7. The lowest BCUT2D eigenvalue weighted by Gasteiger charge is -2.10. The van der Waals surface area contributed by atoms with E-state index in [0.29, 0.717) is 5.65 Å². The van der Waals surface area contributed by atoms with Crippen LogP contribution in [0.15, 0.2) is 65.8 Å². The second kappa shape index (κ2) is 8.67. The maximum atomic E-state index is 13.2. The lowest BCUT2D eigenvalue weighted by molar-refractivity contribution is 0.628. The summed E-state index contributed by atoms with van der Waals surface area (Å²) in [5.41, 5.74) is 3.78. The fraction of sp³-hybridized carbons (Fsp3) is 0.150. The molecule has 0 aliphatic carbocycles. The summed E-state index contributed by atoms with van der Waals surface area (Å²) in [7, 11) is 0. The van der Waals surface area contributed by atoms with Crippen LogP contribution in [-0.4, -0.2) is 26.1 Å². The van der Waals surface area contributed by atoms with Gasteiger partial charge in [-0.25, -0.2) is 18.7 Å². The Hall–Kier alpha value is -3.19. The molecule has 1 aromatic carbocycles. The van der Waals surface area contributed by atoms with Gasteiger partial charge in [0.05, 0.1) is 5.69 Å². The Morgan fingerprint density at radius 3 is 2.71 bits per heavy atom. The van der Waals surface area contributed by atoms with Crippen molar-refractivity contribution < 1.29 is 4.39 Å². The minimum Gasteiger partial charge on any atom is -0.382 e. The summed E-state index contributed by atoms with van der Waals surface area (Å²) in [4.78, 5) is 16.2. The van der Waals surface area contributed by atoms with Gasteiger partial charge in [0.15, 0.2) is 5.65 Å². The maximum absolute atomic E-state index is 13.2. The molecular formula is C20H19ClFN5O. The predicted molar refractivity (Wildman–Crippen MR) is 110 cm³/mol. The number of pyridine rings is 2. The highest BCUT2D eigenvalue weighted by Crippen LogP contribution is 2.25. The van der Waals surface area contributed by atoms with E-state index in [4.69, 9.17) is 0 Å². The van der Waals surface area contributed by atoms with Crippen LogP contribution in [0.4, 0.5) is 10.1 Å². The number of nitrogens with zero attached hydrogens (tertiary/aromatic N) is 3. The van der Waals surface area contributed by atoms with Gasteiger partial charge in [-0.1, -0.05) is 18.2 Å². The van der Waals surface area contributed by atoms with Gasteiger partial charge in [0.1, 0.15) is 5.82 Å². The van der Waals surface area contributed by atoms with Gasteiger partial charge in [-0.3, -0.25) is 4.98 Å². The zero-order chi connectivity index (χ0) is 18.6. The van der Waals surface area contributed by atoms with Crippen LogP contribution in [-0.2, 0) is 6.42 Å². The second-order valence-electron chi connectivity index (χ2n) is 6.26. The van der Waals surface area contributed by atoms with Crippen molar-refractivity contribution in [2.75, 3.05) is 11.9 Å². The topological polar surface area (TPSA) is 75.1 Å². The molecule has 0 bridgehead atoms. The van der Waals surface area contributed by atoms with Crippen LogP contribution in [0.3, 0.4) is 0 Å². The lowest BCUT2D eigenvalue weighted by Crippen LogP contribution is -2.11. The summed E-state index contributed by atoms with van der Waals surface area (Å²) in [5, 5.41) is 9.92. The van der Waals surface area contributed by atoms with Crippen LogP contribution in [0.1, 0.15) is 12.0 Å². The number of hydrogen-bond donors (Lipinski definition) is 2. The summed E-state index contributed by atoms with van der Waals surface area (Å²) >= 11 is 0. The highest BCUT2D eigenvalue weighted by Gasteiger charge is 2.10. The average molecular weight is 400 g/mol. The van der Waals surface area contributed by atoms with Crippen LogP contribution >= 0.6 is 12.4 Å². The first-order valence-electron chi connectivity index (χ1n) is 8.70. The molecule has 0 aliphatic heterocycles. The van der Waals surface area contributed by atoms with E-state index in [0.717, 1.165) is 36.2 Å².